The lowest BCUT2D eigenvalue weighted by Gasteiger charge is -2.29. The van der Waals surface area contributed by atoms with Gasteiger partial charge in [-0.05, 0) is 67.7 Å². The number of H-pyrrole nitrogens is 1. The van der Waals surface area contributed by atoms with Crippen LogP contribution in [0.4, 0.5) is 0 Å². The van der Waals surface area contributed by atoms with Gasteiger partial charge < -0.3 is 24.4 Å². The first-order valence-electron chi connectivity index (χ1n) is 11.5. The lowest BCUT2D eigenvalue weighted by Crippen LogP contribution is -2.42. The number of hydrogen-bond acceptors (Lipinski definition) is 5. The number of nitrogens with one attached hydrogen (secondary N) is 2. The molecule has 0 spiro atoms. The van der Waals surface area contributed by atoms with Gasteiger partial charge in [-0.3, -0.25) is 9.69 Å². The van der Waals surface area contributed by atoms with E-state index in [1.807, 2.05) is 25.1 Å². The van der Waals surface area contributed by atoms with E-state index in [1.165, 1.54) is 5.56 Å². The van der Waals surface area contributed by atoms with E-state index >= 15 is 0 Å². The Bertz CT molecular complexity index is 1140. The van der Waals surface area contributed by atoms with Crippen LogP contribution in [0.25, 0.3) is 10.9 Å². The highest BCUT2D eigenvalue weighted by atomic mass is 32.1. The minimum Gasteiger partial charge on any atom is -0.467 e. The van der Waals surface area contributed by atoms with Gasteiger partial charge in [-0.1, -0.05) is 11.6 Å². The Labute approximate surface area is 199 Å². The average Bonchev–Trinajstić information content (AvgIpc) is 3.32. The molecule has 8 heteroatoms. The molecule has 7 nitrogen and oxygen atoms in total. The fourth-order valence-corrected chi connectivity index (χ4v) is 4.53. The topological polar surface area (TPSA) is 73.7 Å². The van der Waals surface area contributed by atoms with Gasteiger partial charge >= 0.3 is 0 Å². The van der Waals surface area contributed by atoms with Crippen LogP contribution in [0.15, 0.2) is 45.8 Å². The SMILES string of the molecule is Cc1cc(C)c2[nH]c(=O)c(CN(CCCN3CCOCC3)C(=S)NCc3ccco3)cc2c1. The molecule has 1 aliphatic rings. The van der Waals surface area contributed by atoms with Crippen molar-refractivity contribution in [3.63, 3.8) is 0 Å². The zero-order chi connectivity index (χ0) is 23.2. The minimum absolute atomic E-state index is 0.0681. The van der Waals surface area contributed by atoms with Crippen molar-refractivity contribution >= 4 is 28.2 Å². The molecule has 3 aromatic rings. The molecule has 1 fully saturated rings. The Morgan fingerprint density at radius 3 is 2.82 bits per heavy atom. The number of thiocarbonyl (C=S) groups is 1. The molecule has 176 valence electrons. The number of hydrogen-bond donors (Lipinski definition) is 2. The Balaban J connectivity index is 1.49. The van der Waals surface area contributed by atoms with Gasteiger partial charge in [-0.2, -0.15) is 0 Å². The molecule has 1 aromatic carbocycles. The molecule has 2 aromatic heterocycles. The maximum atomic E-state index is 12.9. The summed E-state index contributed by atoms with van der Waals surface area (Å²) in [5, 5.41) is 4.95. The number of nitrogens with zero attached hydrogens (tertiary/aromatic N) is 2. The molecule has 33 heavy (non-hydrogen) atoms. The van der Waals surface area contributed by atoms with Gasteiger partial charge in [0.2, 0.25) is 0 Å². The van der Waals surface area contributed by atoms with Crippen molar-refractivity contribution in [2.24, 2.45) is 0 Å². The highest BCUT2D eigenvalue weighted by molar-refractivity contribution is 7.80. The number of aromatic amines is 1. The molecule has 0 atom stereocenters. The second-order valence-corrected chi connectivity index (χ2v) is 9.02. The van der Waals surface area contributed by atoms with Crippen LogP contribution in [0.5, 0.6) is 0 Å². The lowest BCUT2D eigenvalue weighted by molar-refractivity contribution is 0.0367. The van der Waals surface area contributed by atoms with Crippen LogP contribution in [-0.4, -0.2) is 59.3 Å². The Morgan fingerprint density at radius 2 is 2.06 bits per heavy atom. The van der Waals surface area contributed by atoms with E-state index in [0.717, 1.165) is 68.0 Å². The monoisotopic (exact) mass is 468 g/mol. The van der Waals surface area contributed by atoms with Gasteiger partial charge in [0.25, 0.3) is 5.56 Å². The number of aryl methyl sites for hydroxylation is 2. The Hall–Kier alpha value is -2.68. The molecule has 0 unspecified atom stereocenters. The predicted molar refractivity (Wildman–Crippen MR) is 134 cm³/mol. The van der Waals surface area contributed by atoms with Gasteiger partial charge in [0.1, 0.15) is 5.76 Å². The third-order valence-corrected chi connectivity index (χ3v) is 6.42. The number of fused-ring (bicyclic) bond motifs is 1. The molecule has 0 radical (unpaired) electrons. The van der Waals surface area contributed by atoms with Gasteiger partial charge in [0.05, 0.1) is 38.1 Å². The summed E-state index contributed by atoms with van der Waals surface area (Å²) < 4.78 is 10.9. The number of ether oxygens (including phenoxy) is 1. The molecular weight excluding hydrogens is 436 g/mol. The van der Waals surface area contributed by atoms with Crippen LogP contribution >= 0.6 is 12.2 Å². The van der Waals surface area contributed by atoms with Gasteiger partial charge in [0, 0.05) is 31.7 Å². The third kappa shape index (κ3) is 6.22. The smallest absolute Gasteiger partial charge is 0.253 e. The summed E-state index contributed by atoms with van der Waals surface area (Å²) in [5.41, 5.74) is 3.79. The van der Waals surface area contributed by atoms with Crippen LogP contribution in [-0.2, 0) is 17.8 Å². The summed E-state index contributed by atoms with van der Waals surface area (Å²) in [7, 11) is 0. The maximum absolute atomic E-state index is 12.9. The molecule has 1 aliphatic heterocycles. The van der Waals surface area contributed by atoms with E-state index in [2.05, 4.69) is 39.2 Å². The Morgan fingerprint density at radius 1 is 1.24 bits per heavy atom. The molecule has 4 rings (SSSR count). The van der Waals surface area contributed by atoms with Crippen LogP contribution in [0.3, 0.4) is 0 Å². The highest BCUT2D eigenvalue weighted by Crippen LogP contribution is 2.19. The number of aromatic nitrogens is 1. The lowest BCUT2D eigenvalue weighted by atomic mass is 10.1. The predicted octanol–water partition coefficient (Wildman–Crippen LogP) is 3.34. The van der Waals surface area contributed by atoms with Crippen molar-refractivity contribution in [1.29, 1.82) is 0 Å². The van der Waals surface area contributed by atoms with Gasteiger partial charge in [-0.15, -0.1) is 0 Å². The van der Waals surface area contributed by atoms with Crippen LogP contribution in [0.2, 0.25) is 0 Å². The maximum Gasteiger partial charge on any atom is 0.253 e. The van der Waals surface area contributed by atoms with Crippen molar-refractivity contribution < 1.29 is 9.15 Å². The second-order valence-electron chi connectivity index (χ2n) is 8.64. The van der Waals surface area contributed by atoms with Crippen molar-refractivity contribution in [2.75, 3.05) is 39.4 Å². The highest BCUT2D eigenvalue weighted by Gasteiger charge is 2.16. The molecule has 0 aliphatic carbocycles. The van der Waals surface area contributed by atoms with Crippen LogP contribution in [0.1, 0.15) is 28.9 Å². The fourth-order valence-electron chi connectivity index (χ4n) is 4.31. The quantitative estimate of drug-likeness (QED) is 0.491. The van der Waals surface area contributed by atoms with E-state index in [1.54, 1.807) is 6.26 Å². The van der Waals surface area contributed by atoms with Crippen LogP contribution < -0.4 is 10.9 Å². The van der Waals surface area contributed by atoms with Crippen molar-refractivity contribution in [2.45, 2.75) is 33.4 Å². The van der Waals surface area contributed by atoms with Crippen molar-refractivity contribution in [1.82, 2.24) is 20.1 Å². The normalized spacial score (nSPS) is 14.5. The molecule has 3 heterocycles. The van der Waals surface area contributed by atoms with E-state index in [0.29, 0.717) is 23.8 Å². The third-order valence-electron chi connectivity index (χ3n) is 6.02. The molecular formula is C25H32N4O3S. The molecule has 1 saturated heterocycles. The number of pyridine rings is 1. The van der Waals surface area contributed by atoms with Crippen molar-refractivity contribution in [3.05, 3.63) is 69.4 Å². The van der Waals surface area contributed by atoms with E-state index in [4.69, 9.17) is 21.4 Å². The summed E-state index contributed by atoms with van der Waals surface area (Å²) in [6.07, 6.45) is 2.60. The van der Waals surface area contributed by atoms with E-state index < -0.39 is 0 Å². The molecule has 2 N–H and O–H groups in total. The standard InChI is InChI=1S/C25H32N4O3S/c1-18-13-19(2)23-20(14-18)15-21(24(30)27-23)17-29(7-4-6-28-8-11-31-12-9-28)25(33)26-16-22-5-3-10-32-22/h3,5,10,13-15H,4,6-9,11-12,16-17H2,1-2H3,(H,26,33)(H,27,30). The fraction of sp³-hybridized carbons (Fsp3) is 0.440. The summed E-state index contributed by atoms with van der Waals surface area (Å²) >= 11 is 5.73. The molecule has 0 amide bonds. The van der Waals surface area contributed by atoms with Crippen LogP contribution in [0, 0.1) is 13.8 Å². The molecule has 0 saturated carbocycles. The summed E-state index contributed by atoms with van der Waals surface area (Å²) in [4.78, 5) is 20.5. The van der Waals surface area contributed by atoms with Crippen molar-refractivity contribution in [3.8, 4) is 0 Å². The first-order valence-corrected chi connectivity index (χ1v) is 11.9. The summed E-state index contributed by atoms with van der Waals surface area (Å²) in [6.45, 7) is 10.3. The summed E-state index contributed by atoms with van der Waals surface area (Å²) in [5.74, 6) is 0.820. The number of morpholine rings is 1. The second kappa shape index (κ2) is 11.0. The van der Waals surface area contributed by atoms with Gasteiger partial charge in [-0.25, -0.2) is 0 Å². The number of rotatable bonds is 8. The first kappa shape index (κ1) is 23.5. The average molecular weight is 469 g/mol. The van der Waals surface area contributed by atoms with E-state index in [-0.39, 0.29) is 5.56 Å². The number of furan rings is 1. The zero-order valence-corrected chi connectivity index (χ0v) is 20.2. The van der Waals surface area contributed by atoms with E-state index in [9.17, 15) is 4.79 Å². The summed E-state index contributed by atoms with van der Waals surface area (Å²) in [6, 6.07) is 9.97. The minimum atomic E-state index is -0.0681. The van der Waals surface area contributed by atoms with Gasteiger partial charge in [0.15, 0.2) is 5.11 Å². The first-order chi connectivity index (χ1) is 16.0. The zero-order valence-electron chi connectivity index (χ0n) is 19.4. The largest absolute Gasteiger partial charge is 0.467 e. The molecule has 0 bridgehead atoms. The Kier molecular flexibility index (Phi) is 7.80. The number of benzene rings is 1.